The van der Waals surface area contributed by atoms with Crippen LogP contribution in [0.2, 0.25) is 0 Å². The molecular formula is C27H33FN2O4. The molecule has 0 amide bonds. The molecule has 0 radical (unpaired) electrons. The van der Waals surface area contributed by atoms with Crippen LogP contribution in [0.1, 0.15) is 61.1 Å². The van der Waals surface area contributed by atoms with Gasteiger partial charge in [-0.05, 0) is 79.5 Å². The molecule has 1 aliphatic rings. The number of benzene rings is 2. The van der Waals surface area contributed by atoms with E-state index in [1.807, 2.05) is 38.1 Å². The number of hydrogen-bond donors (Lipinski definition) is 2. The summed E-state index contributed by atoms with van der Waals surface area (Å²) in [7, 11) is 0. The summed E-state index contributed by atoms with van der Waals surface area (Å²) < 4.78 is 24.8. The second-order valence-corrected chi connectivity index (χ2v) is 9.45. The van der Waals surface area contributed by atoms with Crippen molar-refractivity contribution in [3.05, 3.63) is 64.8 Å². The normalized spacial score (nSPS) is 16.4. The molecule has 3 aromatic rings. The van der Waals surface area contributed by atoms with Crippen molar-refractivity contribution in [2.75, 3.05) is 13.2 Å². The topological polar surface area (TPSA) is 88.6 Å². The van der Waals surface area contributed by atoms with Crippen LogP contribution < -0.4 is 4.74 Å². The van der Waals surface area contributed by atoms with Crippen LogP contribution in [0.15, 0.2) is 40.9 Å². The molecule has 2 N–H and O–H groups in total. The van der Waals surface area contributed by atoms with Gasteiger partial charge in [-0.15, -0.1) is 0 Å². The molecule has 1 saturated carbocycles. The first kappa shape index (κ1) is 24.4. The lowest BCUT2D eigenvalue weighted by Gasteiger charge is -2.38. The van der Waals surface area contributed by atoms with Crippen molar-refractivity contribution >= 4 is 0 Å². The highest BCUT2D eigenvalue weighted by Crippen LogP contribution is 2.43. The van der Waals surface area contributed by atoms with Gasteiger partial charge >= 0.3 is 0 Å². The molecule has 0 bridgehead atoms. The highest BCUT2D eigenvalue weighted by Gasteiger charge is 2.34. The zero-order valence-corrected chi connectivity index (χ0v) is 19.9. The van der Waals surface area contributed by atoms with Gasteiger partial charge in [0.05, 0.1) is 6.61 Å². The summed E-state index contributed by atoms with van der Waals surface area (Å²) in [4.78, 5) is 4.65. The zero-order valence-electron chi connectivity index (χ0n) is 19.9. The molecule has 1 heterocycles. The maximum Gasteiger partial charge on any atom is 0.226 e. The number of aliphatic hydroxyl groups is 2. The molecule has 1 aliphatic carbocycles. The summed E-state index contributed by atoms with van der Waals surface area (Å²) in [6.07, 6.45) is 6.41. The molecule has 1 fully saturated rings. The van der Waals surface area contributed by atoms with Gasteiger partial charge in [0.1, 0.15) is 24.3 Å². The number of aliphatic hydroxyl groups excluding tert-OH is 2. The average Bonchev–Trinajstić information content (AvgIpc) is 3.32. The molecule has 0 saturated heterocycles. The van der Waals surface area contributed by atoms with Gasteiger partial charge < -0.3 is 19.5 Å². The lowest BCUT2D eigenvalue weighted by Crippen LogP contribution is -2.29. The van der Waals surface area contributed by atoms with E-state index in [0.29, 0.717) is 23.9 Å². The van der Waals surface area contributed by atoms with Crippen LogP contribution in [0.4, 0.5) is 4.39 Å². The first-order valence-corrected chi connectivity index (χ1v) is 12.0. The lowest BCUT2D eigenvalue weighted by atomic mass is 9.67. The highest BCUT2D eigenvalue weighted by atomic mass is 19.1. The summed E-state index contributed by atoms with van der Waals surface area (Å²) in [5.74, 6) is 1.60. The minimum atomic E-state index is -0.916. The van der Waals surface area contributed by atoms with Gasteiger partial charge in [-0.25, -0.2) is 4.39 Å². The third-order valence-corrected chi connectivity index (χ3v) is 6.90. The van der Waals surface area contributed by atoms with Crippen LogP contribution in [-0.2, 0) is 11.8 Å². The Kier molecular flexibility index (Phi) is 7.63. The monoisotopic (exact) mass is 468 g/mol. The fourth-order valence-electron chi connectivity index (χ4n) is 5.07. The Labute approximate surface area is 199 Å². The molecule has 182 valence electrons. The van der Waals surface area contributed by atoms with Gasteiger partial charge in [0.2, 0.25) is 11.7 Å². The minimum absolute atomic E-state index is 0.0197. The van der Waals surface area contributed by atoms with Crippen molar-refractivity contribution in [2.24, 2.45) is 0 Å². The molecule has 0 unspecified atom stereocenters. The van der Waals surface area contributed by atoms with E-state index < -0.39 is 6.10 Å². The third kappa shape index (κ3) is 5.47. The van der Waals surface area contributed by atoms with Crippen LogP contribution >= 0.6 is 0 Å². The van der Waals surface area contributed by atoms with E-state index in [1.54, 1.807) is 12.1 Å². The van der Waals surface area contributed by atoms with Crippen molar-refractivity contribution < 1.29 is 23.9 Å². The summed E-state index contributed by atoms with van der Waals surface area (Å²) in [5, 5.41) is 22.8. The fourth-order valence-corrected chi connectivity index (χ4v) is 5.07. The van der Waals surface area contributed by atoms with Gasteiger partial charge in [0.25, 0.3) is 0 Å². The van der Waals surface area contributed by atoms with E-state index in [-0.39, 0.29) is 24.4 Å². The Balaban J connectivity index is 1.48. The molecule has 1 atom stereocenters. The molecule has 0 spiro atoms. The Hall–Kier alpha value is -2.77. The van der Waals surface area contributed by atoms with Crippen molar-refractivity contribution in [3.8, 4) is 17.1 Å². The number of rotatable bonds is 9. The maximum atomic E-state index is 13.5. The number of aromatic nitrogens is 2. The second kappa shape index (κ2) is 10.7. The Bertz CT molecular complexity index is 1070. The predicted octanol–water partition coefficient (Wildman–Crippen LogP) is 5.06. The Morgan fingerprint density at radius 3 is 2.41 bits per heavy atom. The standard InChI is InChI=1S/C27H33FN2O4/c1-18-14-20(15-19(2)25(18)33-17-23(32)16-31)26-29-24(34-30-26)10-13-27(11-4-3-5-12-27)21-6-8-22(28)9-7-21/h6-9,14-15,23,31-32H,3-5,10-13,16-17H2,1-2H3/t23-/m0/s1. The van der Waals surface area contributed by atoms with E-state index in [1.165, 1.54) is 24.8 Å². The molecular weight excluding hydrogens is 435 g/mol. The van der Waals surface area contributed by atoms with Gasteiger partial charge in [0, 0.05) is 12.0 Å². The molecule has 6 nitrogen and oxygen atoms in total. The van der Waals surface area contributed by atoms with E-state index in [2.05, 4.69) is 10.1 Å². The smallest absolute Gasteiger partial charge is 0.226 e. The number of ether oxygens (including phenoxy) is 1. The van der Waals surface area contributed by atoms with Crippen LogP contribution in [0, 0.1) is 19.7 Å². The van der Waals surface area contributed by atoms with E-state index in [9.17, 15) is 9.50 Å². The van der Waals surface area contributed by atoms with Crippen molar-refractivity contribution in [2.45, 2.75) is 70.3 Å². The van der Waals surface area contributed by atoms with Crippen LogP contribution in [-0.4, -0.2) is 39.7 Å². The number of aryl methyl sites for hydroxylation is 3. The van der Waals surface area contributed by atoms with E-state index in [4.69, 9.17) is 14.4 Å². The van der Waals surface area contributed by atoms with Crippen molar-refractivity contribution in [1.29, 1.82) is 0 Å². The Morgan fingerprint density at radius 1 is 1.09 bits per heavy atom. The molecule has 7 heteroatoms. The molecule has 4 rings (SSSR count). The van der Waals surface area contributed by atoms with Crippen LogP contribution in [0.25, 0.3) is 11.4 Å². The minimum Gasteiger partial charge on any atom is -0.490 e. The zero-order chi connectivity index (χ0) is 24.1. The molecule has 2 aromatic carbocycles. The van der Waals surface area contributed by atoms with Crippen molar-refractivity contribution in [1.82, 2.24) is 10.1 Å². The van der Waals surface area contributed by atoms with Gasteiger partial charge in [-0.2, -0.15) is 4.98 Å². The fraction of sp³-hybridized carbons (Fsp3) is 0.481. The first-order chi connectivity index (χ1) is 16.4. The summed E-state index contributed by atoms with van der Waals surface area (Å²) >= 11 is 0. The molecule has 0 aliphatic heterocycles. The highest BCUT2D eigenvalue weighted by molar-refractivity contribution is 5.61. The summed E-state index contributed by atoms with van der Waals surface area (Å²) in [5.41, 5.74) is 3.84. The molecule has 34 heavy (non-hydrogen) atoms. The average molecular weight is 469 g/mol. The summed E-state index contributed by atoms with van der Waals surface area (Å²) in [6, 6.07) is 10.8. The van der Waals surface area contributed by atoms with E-state index in [0.717, 1.165) is 36.0 Å². The number of nitrogens with zero attached hydrogens (tertiary/aromatic N) is 2. The third-order valence-electron chi connectivity index (χ3n) is 6.90. The summed E-state index contributed by atoms with van der Waals surface area (Å²) in [6.45, 7) is 3.53. The van der Waals surface area contributed by atoms with Crippen molar-refractivity contribution in [3.63, 3.8) is 0 Å². The van der Waals surface area contributed by atoms with E-state index >= 15 is 0 Å². The molecule has 1 aromatic heterocycles. The SMILES string of the molecule is Cc1cc(-c2noc(CCC3(c4ccc(F)cc4)CCCCC3)n2)cc(C)c1OC[C@@H](O)CO. The number of halogens is 1. The largest absolute Gasteiger partial charge is 0.490 e. The quantitative estimate of drug-likeness (QED) is 0.456. The van der Waals surface area contributed by atoms with Gasteiger partial charge in [0.15, 0.2) is 0 Å². The number of hydrogen-bond acceptors (Lipinski definition) is 6. The second-order valence-electron chi connectivity index (χ2n) is 9.45. The van der Waals surface area contributed by atoms with Gasteiger partial charge in [-0.3, -0.25) is 0 Å². The van der Waals surface area contributed by atoms with Crippen LogP contribution in [0.3, 0.4) is 0 Å². The predicted molar refractivity (Wildman–Crippen MR) is 127 cm³/mol. The van der Waals surface area contributed by atoms with Crippen LogP contribution in [0.5, 0.6) is 5.75 Å². The lowest BCUT2D eigenvalue weighted by molar-refractivity contribution is 0.0532. The first-order valence-electron chi connectivity index (χ1n) is 12.0. The van der Waals surface area contributed by atoms with Gasteiger partial charge in [-0.1, -0.05) is 36.6 Å². The maximum absolute atomic E-state index is 13.5. The Morgan fingerprint density at radius 2 is 1.76 bits per heavy atom.